The van der Waals surface area contributed by atoms with Crippen LogP contribution in [-0.4, -0.2) is 16.3 Å². The van der Waals surface area contributed by atoms with E-state index >= 15 is 0 Å². The third-order valence-electron chi connectivity index (χ3n) is 1.62. The fourth-order valence-electron chi connectivity index (χ4n) is 0.939. The number of pyridine rings is 1. The Morgan fingerprint density at radius 3 is 2.54 bits per heavy atom. The summed E-state index contributed by atoms with van der Waals surface area (Å²) in [4.78, 5) is 3.47. The number of halogens is 3. The fraction of sp³-hybridized carbons (Fsp3) is 0.375. The Morgan fingerprint density at radius 1 is 1.46 bits per heavy atom. The van der Waals surface area contributed by atoms with Crippen LogP contribution in [0.3, 0.4) is 0 Å². The zero-order valence-electron chi connectivity index (χ0n) is 6.84. The minimum atomic E-state index is -4.65. The lowest BCUT2D eigenvalue weighted by Crippen LogP contribution is -2.22. The van der Waals surface area contributed by atoms with E-state index in [1.54, 1.807) is 0 Å². The molecular formula is C8H8F3NO. The molecule has 0 saturated heterocycles. The molecule has 0 amide bonds. The molecule has 13 heavy (non-hydrogen) atoms. The van der Waals surface area contributed by atoms with E-state index in [1.165, 1.54) is 25.3 Å². The van der Waals surface area contributed by atoms with Gasteiger partial charge in [0, 0.05) is 6.20 Å². The summed E-state index contributed by atoms with van der Waals surface area (Å²) in [5, 5.41) is 8.85. The summed E-state index contributed by atoms with van der Waals surface area (Å²) < 4.78 is 36.1. The second-order valence-electron chi connectivity index (χ2n) is 2.65. The molecule has 1 N–H and O–H groups in total. The molecule has 1 atom stereocenters. The molecule has 2 nitrogen and oxygen atoms in total. The summed E-state index contributed by atoms with van der Waals surface area (Å²) in [6.45, 7) is 1.47. The average Bonchev–Trinajstić information content (AvgIpc) is 2.02. The topological polar surface area (TPSA) is 33.1 Å². The van der Waals surface area contributed by atoms with Crippen molar-refractivity contribution in [1.29, 1.82) is 0 Å². The van der Waals surface area contributed by atoms with Gasteiger partial charge in [-0.25, -0.2) is 0 Å². The van der Waals surface area contributed by atoms with Crippen molar-refractivity contribution < 1.29 is 18.3 Å². The van der Waals surface area contributed by atoms with Crippen LogP contribution in [0.25, 0.3) is 0 Å². The standard InChI is InChI=1S/C8H8F3NO/c1-5-3-2-4-12-6(5)7(13)8(9,10)11/h2-4,7,13H,1H3/t7-/m1/s1. The van der Waals surface area contributed by atoms with Gasteiger partial charge in [-0.15, -0.1) is 0 Å². The van der Waals surface area contributed by atoms with E-state index in [0.29, 0.717) is 5.56 Å². The molecule has 5 heteroatoms. The highest BCUT2D eigenvalue weighted by Gasteiger charge is 2.40. The SMILES string of the molecule is Cc1cccnc1[C@@H](O)C(F)(F)F. The molecule has 1 rings (SSSR count). The highest BCUT2D eigenvalue weighted by molar-refractivity contribution is 5.20. The number of aromatic nitrogens is 1. The first-order valence-electron chi connectivity index (χ1n) is 3.59. The van der Waals surface area contributed by atoms with Crippen LogP contribution in [-0.2, 0) is 0 Å². The van der Waals surface area contributed by atoms with Crippen LogP contribution in [0, 0.1) is 6.92 Å². The molecule has 0 aromatic carbocycles. The molecule has 0 spiro atoms. The Kier molecular flexibility index (Phi) is 2.56. The van der Waals surface area contributed by atoms with E-state index in [4.69, 9.17) is 5.11 Å². The van der Waals surface area contributed by atoms with Gasteiger partial charge >= 0.3 is 6.18 Å². The van der Waals surface area contributed by atoms with Crippen molar-refractivity contribution in [2.45, 2.75) is 19.2 Å². The van der Waals surface area contributed by atoms with Crippen LogP contribution < -0.4 is 0 Å². The zero-order valence-corrected chi connectivity index (χ0v) is 6.84. The molecule has 72 valence electrons. The number of nitrogens with zero attached hydrogens (tertiary/aromatic N) is 1. The van der Waals surface area contributed by atoms with Gasteiger partial charge in [-0.3, -0.25) is 4.98 Å². The van der Waals surface area contributed by atoms with E-state index in [0.717, 1.165) is 0 Å². The van der Waals surface area contributed by atoms with Crippen molar-refractivity contribution >= 4 is 0 Å². The van der Waals surface area contributed by atoms with Gasteiger partial charge in [-0.2, -0.15) is 13.2 Å². The Hall–Kier alpha value is -1.10. The predicted molar refractivity (Wildman–Crippen MR) is 40.0 cm³/mol. The lowest BCUT2D eigenvalue weighted by molar-refractivity contribution is -0.208. The van der Waals surface area contributed by atoms with Crippen LogP contribution in [0.2, 0.25) is 0 Å². The smallest absolute Gasteiger partial charge is 0.378 e. The number of hydrogen-bond acceptors (Lipinski definition) is 2. The van der Waals surface area contributed by atoms with Crippen molar-refractivity contribution in [2.75, 3.05) is 0 Å². The molecule has 0 bridgehead atoms. The average molecular weight is 191 g/mol. The maximum Gasteiger partial charge on any atom is 0.420 e. The van der Waals surface area contributed by atoms with Gasteiger partial charge in [0.15, 0.2) is 6.10 Å². The van der Waals surface area contributed by atoms with E-state index in [2.05, 4.69) is 4.98 Å². The molecule has 0 radical (unpaired) electrons. The highest BCUT2D eigenvalue weighted by atomic mass is 19.4. The van der Waals surface area contributed by atoms with Crippen LogP contribution in [0.5, 0.6) is 0 Å². The van der Waals surface area contributed by atoms with Crippen LogP contribution >= 0.6 is 0 Å². The molecule has 0 unspecified atom stereocenters. The molecule has 0 saturated carbocycles. The van der Waals surface area contributed by atoms with Crippen LogP contribution in [0.15, 0.2) is 18.3 Å². The largest absolute Gasteiger partial charge is 0.420 e. The third kappa shape index (κ3) is 2.18. The first-order chi connectivity index (χ1) is 5.93. The van der Waals surface area contributed by atoms with Crippen molar-refractivity contribution in [1.82, 2.24) is 4.98 Å². The maximum absolute atomic E-state index is 12.0. The van der Waals surface area contributed by atoms with Gasteiger partial charge in [-0.05, 0) is 18.6 Å². The second kappa shape index (κ2) is 3.33. The van der Waals surface area contributed by atoms with Crippen molar-refractivity contribution in [3.8, 4) is 0 Å². The quantitative estimate of drug-likeness (QED) is 0.736. The summed E-state index contributed by atoms with van der Waals surface area (Å²) in [5.74, 6) is 0. The first-order valence-corrected chi connectivity index (χ1v) is 3.59. The molecule has 1 aromatic heterocycles. The van der Waals surface area contributed by atoms with Gasteiger partial charge in [0.05, 0.1) is 5.69 Å². The van der Waals surface area contributed by atoms with E-state index < -0.39 is 12.3 Å². The van der Waals surface area contributed by atoms with Gasteiger partial charge in [0.25, 0.3) is 0 Å². The number of hydrogen-bond donors (Lipinski definition) is 1. The van der Waals surface area contributed by atoms with E-state index in [-0.39, 0.29) is 5.69 Å². The predicted octanol–water partition coefficient (Wildman–Crippen LogP) is 1.99. The monoisotopic (exact) mass is 191 g/mol. The normalized spacial score (nSPS) is 14.2. The molecule has 1 heterocycles. The molecule has 0 aliphatic carbocycles. The summed E-state index contributed by atoms with van der Waals surface area (Å²) in [5.41, 5.74) is -0.0117. The van der Waals surface area contributed by atoms with Gasteiger partial charge in [-0.1, -0.05) is 6.07 Å². The Balaban J connectivity index is 3.02. The Morgan fingerprint density at radius 2 is 2.08 bits per heavy atom. The van der Waals surface area contributed by atoms with Gasteiger partial charge < -0.3 is 5.11 Å². The minimum absolute atomic E-state index is 0.326. The molecule has 0 fully saturated rings. The number of rotatable bonds is 1. The van der Waals surface area contributed by atoms with Crippen molar-refractivity contribution in [3.63, 3.8) is 0 Å². The van der Waals surface area contributed by atoms with E-state index in [9.17, 15) is 13.2 Å². The van der Waals surface area contributed by atoms with Crippen molar-refractivity contribution in [3.05, 3.63) is 29.6 Å². The molecular weight excluding hydrogens is 183 g/mol. The number of alkyl halides is 3. The maximum atomic E-state index is 12.0. The molecule has 1 aromatic rings. The minimum Gasteiger partial charge on any atom is -0.378 e. The summed E-state index contributed by atoms with van der Waals surface area (Å²) in [7, 11) is 0. The number of aliphatic hydroxyl groups excluding tert-OH is 1. The lowest BCUT2D eigenvalue weighted by atomic mass is 10.1. The highest BCUT2D eigenvalue weighted by Crippen LogP contribution is 2.32. The summed E-state index contributed by atoms with van der Waals surface area (Å²) >= 11 is 0. The molecule has 0 aliphatic heterocycles. The van der Waals surface area contributed by atoms with Gasteiger partial charge in [0.1, 0.15) is 0 Å². The third-order valence-corrected chi connectivity index (χ3v) is 1.62. The fourth-order valence-corrected chi connectivity index (χ4v) is 0.939. The first kappa shape index (κ1) is 9.98. The zero-order chi connectivity index (χ0) is 10.1. The van der Waals surface area contributed by atoms with Crippen molar-refractivity contribution in [2.24, 2.45) is 0 Å². The lowest BCUT2D eigenvalue weighted by Gasteiger charge is -2.15. The van der Waals surface area contributed by atoms with Gasteiger partial charge in [0.2, 0.25) is 0 Å². The second-order valence-corrected chi connectivity index (χ2v) is 2.65. The Labute approximate surface area is 73.0 Å². The van der Waals surface area contributed by atoms with Crippen LogP contribution in [0.4, 0.5) is 13.2 Å². The molecule has 0 aliphatic rings. The summed E-state index contributed by atoms with van der Waals surface area (Å²) in [6, 6.07) is 2.99. The number of aryl methyl sites for hydroxylation is 1. The Bertz CT molecular complexity index is 298. The van der Waals surface area contributed by atoms with E-state index in [1.807, 2.05) is 0 Å². The summed E-state index contributed by atoms with van der Waals surface area (Å²) in [6.07, 6.45) is -5.93. The van der Waals surface area contributed by atoms with Crippen LogP contribution in [0.1, 0.15) is 17.4 Å². The number of aliphatic hydroxyl groups is 1.